The Morgan fingerprint density at radius 2 is 1.85 bits per heavy atom. The van der Waals surface area contributed by atoms with Crippen LogP contribution in [0, 0.1) is 5.92 Å². The lowest BCUT2D eigenvalue weighted by Gasteiger charge is -2.25. The molecule has 0 bridgehead atoms. The van der Waals surface area contributed by atoms with E-state index in [1.165, 1.54) is 18.2 Å². The molecule has 0 radical (unpaired) electrons. The Kier molecular flexibility index (Phi) is 4.24. The molecule has 20 heavy (non-hydrogen) atoms. The predicted octanol–water partition coefficient (Wildman–Crippen LogP) is 1.55. The Morgan fingerprint density at radius 3 is 2.45 bits per heavy atom. The van der Waals surface area contributed by atoms with E-state index < -0.39 is 5.97 Å². The highest BCUT2D eigenvalue weighted by molar-refractivity contribution is 5.96. The van der Waals surface area contributed by atoms with Gasteiger partial charge in [-0.2, -0.15) is 0 Å². The number of carbonyl (C=O) groups excluding carboxylic acids is 1. The molecule has 0 heterocycles. The molecule has 1 saturated carbocycles. The summed E-state index contributed by atoms with van der Waals surface area (Å²) in [6, 6.07) is 4.17. The van der Waals surface area contributed by atoms with E-state index in [1.807, 2.05) is 0 Å². The van der Waals surface area contributed by atoms with E-state index >= 15 is 0 Å². The van der Waals surface area contributed by atoms with Crippen molar-refractivity contribution < 1.29 is 19.8 Å². The van der Waals surface area contributed by atoms with Crippen molar-refractivity contribution in [3.63, 3.8) is 0 Å². The van der Waals surface area contributed by atoms with Crippen molar-refractivity contribution in [1.29, 1.82) is 0 Å². The first kappa shape index (κ1) is 14.3. The van der Waals surface area contributed by atoms with Crippen LogP contribution < -0.4 is 11.1 Å². The largest absolute Gasteiger partial charge is 0.507 e. The van der Waals surface area contributed by atoms with E-state index in [-0.39, 0.29) is 29.2 Å². The van der Waals surface area contributed by atoms with Gasteiger partial charge in [-0.1, -0.05) is 0 Å². The first-order chi connectivity index (χ1) is 9.47. The number of hydrogen-bond donors (Lipinski definition) is 4. The van der Waals surface area contributed by atoms with E-state index in [2.05, 4.69) is 5.32 Å². The van der Waals surface area contributed by atoms with Crippen molar-refractivity contribution in [1.82, 2.24) is 0 Å². The van der Waals surface area contributed by atoms with Crippen LogP contribution in [0.15, 0.2) is 18.2 Å². The molecular weight excluding hydrogens is 260 g/mol. The molecule has 1 aromatic carbocycles. The SMILES string of the molecule is NC1CCC(C(=O)Nc2ccc(O)c(C(=O)O)c2)CC1. The lowest BCUT2D eigenvalue weighted by Crippen LogP contribution is -2.32. The van der Waals surface area contributed by atoms with Gasteiger partial charge >= 0.3 is 5.97 Å². The van der Waals surface area contributed by atoms with Gasteiger partial charge in [-0.15, -0.1) is 0 Å². The number of anilines is 1. The molecule has 1 fully saturated rings. The normalized spacial score (nSPS) is 22.2. The van der Waals surface area contributed by atoms with Gasteiger partial charge in [-0.05, 0) is 43.9 Å². The summed E-state index contributed by atoms with van der Waals surface area (Å²) in [5.74, 6) is -1.77. The minimum Gasteiger partial charge on any atom is -0.507 e. The lowest BCUT2D eigenvalue weighted by atomic mass is 9.86. The average molecular weight is 278 g/mol. The number of hydrogen-bond acceptors (Lipinski definition) is 4. The van der Waals surface area contributed by atoms with E-state index in [4.69, 9.17) is 10.8 Å². The summed E-state index contributed by atoms with van der Waals surface area (Å²) < 4.78 is 0. The molecule has 5 N–H and O–H groups in total. The molecule has 1 aromatic rings. The molecule has 0 atom stereocenters. The molecule has 1 aliphatic carbocycles. The van der Waals surface area contributed by atoms with Gasteiger partial charge in [0.05, 0.1) is 0 Å². The molecule has 0 spiro atoms. The smallest absolute Gasteiger partial charge is 0.339 e. The Morgan fingerprint density at radius 1 is 1.20 bits per heavy atom. The maximum atomic E-state index is 12.1. The Balaban J connectivity index is 2.04. The number of carboxylic acids is 1. The summed E-state index contributed by atoms with van der Waals surface area (Å²) in [4.78, 5) is 23.0. The van der Waals surface area contributed by atoms with Crippen molar-refractivity contribution in [2.24, 2.45) is 11.7 Å². The molecule has 6 nitrogen and oxygen atoms in total. The first-order valence-corrected chi connectivity index (χ1v) is 6.60. The van der Waals surface area contributed by atoms with Gasteiger partial charge in [-0.3, -0.25) is 4.79 Å². The fourth-order valence-electron chi connectivity index (χ4n) is 2.41. The van der Waals surface area contributed by atoms with Gasteiger partial charge in [0, 0.05) is 17.6 Å². The number of phenols is 1. The quantitative estimate of drug-likeness (QED) is 0.626. The second-order valence-electron chi connectivity index (χ2n) is 5.14. The summed E-state index contributed by atoms with van der Waals surface area (Å²) in [5, 5.41) is 21.0. The van der Waals surface area contributed by atoms with E-state index in [1.54, 1.807) is 0 Å². The molecule has 6 heteroatoms. The van der Waals surface area contributed by atoms with Gasteiger partial charge in [0.2, 0.25) is 5.91 Å². The van der Waals surface area contributed by atoms with Crippen LogP contribution in [0.25, 0.3) is 0 Å². The zero-order chi connectivity index (χ0) is 14.7. The third-order valence-corrected chi connectivity index (χ3v) is 3.64. The second kappa shape index (κ2) is 5.92. The van der Waals surface area contributed by atoms with Gasteiger partial charge in [0.25, 0.3) is 0 Å². The lowest BCUT2D eigenvalue weighted by molar-refractivity contribution is -0.120. The Bertz CT molecular complexity index is 522. The molecule has 0 aliphatic heterocycles. The van der Waals surface area contributed by atoms with E-state index in [0.717, 1.165) is 25.7 Å². The topological polar surface area (TPSA) is 113 Å². The number of rotatable bonds is 3. The summed E-state index contributed by atoms with van der Waals surface area (Å²) >= 11 is 0. The number of nitrogens with two attached hydrogens (primary N) is 1. The summed E-state index contributed by atoms with van der Waals surface area (Å²) in [5.41, 5.74) is 5.94. The monoisotopic (exact) mass is 278 g/mol. The molecule has 1 amide bonds. The van der Waals surface area contributed by atoms with Crippen LogP contribution >= 0.6 is 0 Å². The van der Waals surface area contributed by atoms with Crippen molar-refractivity contribution >= 4 is 17.6 Å². The number of nitrogens with one attached hydrogen (secondary N) is 1. The molecule has 2 rings (SSSR count). The average Bonchev–Trinajstić information content (AvgIpc) is 2.41. The van der Waals surface area contributed by atoms with Gasteiger partial charge < -0.3 is 21.3 Å². The minimum atomic E-state index is -1.23. The number of aromatic carboxylic acids is 1. The highest BCUT2D eigenvalue weighted by Gasteiger charge is 2.24. The third kappa shape index (κ3) is 3.27. The van der Waals surface area contributed by atoms with Crippen molar-refractivity contribution in [2.45, 2.75) is 31.7 Å². The van der Waals surface area contributed by atoms with Crippen molar-refractivity contribution in [3.8, 4) is 5.75 Å². The van der Waals surface area contributed by atoms with E-state index in [0.29, 0.717) is 5.69 Å². The van der Waals surface area contributed by atoms with E-state index in [9.17, 15) is 14.7 Å². The molecule has 1 aliphatic rings. The predicted molar refractivity (Wildman–Crippen MR) is 73.6 cm³/mol. The van der Waals surface area contributed by atoms with Crippen LogP contribution in [-0.4, -0.2) is 28.1 Å². The second-order valence-corrected chi connectivity index (χ2v) is 5.14. The molecule has 108 valence electrons. The zero-order valence-corrected chi connectivity index (χ0v) is 11.0. The fraction of sp³-hybridized carbons (Fsp3) is 0.429. The third-order valence-electron chi connectivity index (χ3n) is 3.64. The van der Waals surface area contributed by atoms with Crippen LogP contribution in [-0.2, 0) is 4.79 Å². The van der Waals surface area contributed by atoms with Crippen LogP contribution in [0.2, 0.25) is 0 Å². The zero-order valence-electron chi connectivity index (χ0n) is 11.0. The summed E-state index contributed by atoms with van der Waals surface area (Å²) in [6.07, 6.45) is 3.15. The van der Waals surface area contributed by atoms with Gasteiger partial charge in [0.15, 0.2) is 0 Å². The molecule has 0 aromatic heterocycles. The van der Waals surface area contributed by atoms with Crippen LogP contribution in [0.1, 0.15) is 36.0 Å². The summed E-state index contributed by atoms with van der Waals surface area (Å²) in [6.45, 7) is 0. The number of carboxylic acid groups (broad SMARTS) is 1. The standard InChI is InChI=1S/C14H18N2O4/c15-9-3-1-8(2-4-9)13(18)16-10-5-6-12(17)11(7-10)14(19)20/h5-9,17H,1-4,15H2,(H,16,18)(H,19,20). The van der Waals surface area contributed by atoms with Gasteiger partial charge in [-0.25, -0.2) is 4.79 Å². The Labute approximate surface area is 116 Å². The maximum Gasteiger partial charge on any atom is 0.339 e. The van der Waals surface area contributed by atoms with Crippen molar-refractivity contribution in [2.75, 3.05) is 5.32 Å². The molecular formula is C14H18N2O4. The van der Waals surface area contributed by atoms with Crippen LogP contribution in [0.5, 0.6) is 5.75 Å². The van der Waals surface area contributed by atoms with Gasteiger partial charge in [0.1, 0.15) is 11.3 Å². The fourth-order valence-corrected chi connectivity index (χ4v) is 2.41. The summed E-state index contributed by atoms with van der Waals surface area (Å²) in [7, 11) is 0. The highest BCUT2D eigenvalue weighted by atomic mass is 16.4. The molecule has 0 saturated heterocycles. The molecule has 0 unspecified atom stereocenters. The number of amides is 1. The Hall–Kier alpha value is -2.08. The maximum absolute atomic E-state index is 12.1. The highest BCUT2D eigenvalue weighted by Crippen LogP contribution is 2.26. The minimum absolute atomic E-state index is 0.0862. The van der Waals surface area contributed by atoms with Crippen molar-refractivity contribution in [3.05, 3.63) is 23.8 Å². The number of carbonyl (C=O) groups is 2. The first-order valence-electron chi connectivity index (χ1n) is 6.60. The van der Waals surface area contributed by atoms with Crippen LogP contribution in [0.3, 0.4) is 0 Å². The number of aromatic hydroxyl groups is 1. The van der Waals surface area contributed by atoms with Crippen LogP contribution in [0.4, 0.5) is 5.69 Å². The number of benzene rings is 1.